The molecule has 0 aliphatic carbocycles. The van der Waals surface area contributed by atoms with Crippen LogP contribution >= 0.6 is 11.6 Å². The number of hydrogen-bond donors (Lipinski definition) is 1. The molecule has 1 aliphatic heterocycles. The number of alkyl halides is 3. The summed E-state index contributed by atoms with van der Waals surface area (Å²) in [5.41, 5.74) is 0.642. The van der Waals surface area contributed by atoms with E-state index in [0.29, 0.717) is 25.3 Å². The Labute approximate surface area is 173 Å². The molecule has 3 rings (SSSR count). The number of amides is 1. The zero-order valence-corrected chi connectivity index (χ0v) is 16.2. The number of nitrogens with one attached hydrogen (secondary N) is 1. The highest BCUT2D eigenvalue weighted by Gasteiger charge is 2.29. The van der Waals surface area contributed by atoms with Gasteiger partial charge in [-0.2, -0.15) is 13.2 Å². The average Bonchev–Trinajstić information content (AvgIpc) is 3.15. The molecule has 1 aromatic carbocycles. The lowest BCUT2D eigenvalue weighted by Crippen LogP contribution is -2.31. The summed E-state index contributed by atoms with van der Waals surface area (Å²) < 4.78 is 67.6. The zero-order valence-electron chi connectivity index (χ0n) is 15.5. The molecule has 0 radical (unpaired) electrons. The van der Waals surface area contributed by atoms with Crippen LogP contribution < -0.4 is 15.0 Å². The Morgan fingerprint density at radius 3 is 2.70 bits per heavy atom. The first kappa shape index (κ1) is 22.1. The molecule has 1 aliphatic rings. The minimum atomic E-state index is -4.53. The molecule has 1 N–H and O–H groups in total. The third-order valence-electron chi connectivity index (χ3n) is 4.55. The van der Waals surface area contributed by atoms with Gasteiger partial charge < -0.3 is 15.0 Å². The van der Waals surface area contributed by atoms with Gasteiger partial charge in [0.05, 0.1) is 5.56 Å². The molecule has 1 amide bonds. The Morgan fingerprint density at radius 2 is 2.03 bits per heavy atom. The van der Waals surface area contributed by atoms with Gasteiger partial charge in [0.2, 0.25) is 5.88 Å². The molecule has 1 atom stereocenters. The smallest absolute Gasteiger partial charge is 0.422 e. The van der Waals surface area contributed by atoms with Gasteiger partial charge in [-0.1, -0.05) is 11.6 Å². The summed E-state index contributed by atoms with van der Waals surface area (Å²) in [5, 5.41) is 2.51. The Morgan fingerprint density at radius 1 is 1.27 bits per heavy atom. The minimum Gasteiger partial charge on any atom is -0.467 e. The highest BCUT2D eigenvalue weighted by atomic mass is 35.5. The molecule has 2 heterocycles. The van der Waals surface area contributed by atoms with Crippen LogP contribution in [0.3, 0.4) is 0 Å². The summed E-state index contributed by atoms with van der Waals surface area (Å²) in [6, 6.07) is 4.87. The third-order valence-corrected chi connectivity index (χ3v) is 4.82. The number of halogens is 6. The summed E-state index contributed by atoms with van der Waals surface area (Å²) in [7, 11) is 0. The Balaban J connectivity index is 1.52. The molecule has 162 valence electrons. The van der Waals surface area contributed by atoms with E-state index in [2.05, 4.69) is 15.0 Å². The van der Waals surface area contributed by atoms with Crippen molar-refractivity contribution in [3.63, 3.8) is 0 Å². The van der Waals surface area contributed by atoms with Crippen LogP contribution in [0.5, 0.6) is 5.88 Å². The van der Waals surface area contributed by atoms with Crippen LogP contribution in [0.2, 0.25) is 5.02 Å². The van der Waals surface area contributed by atoms with Gasteiger partial charge in [0.25, 0.3) is 5.91 Å². The molecular formula is C19H17ClF5N3O2. The molecule has 1 aromatic heterocycles. The van der Waals surface area contributed by atoms with Gasteiger partial charge >= 0.3 is 6.18 Å². The lowest BCUT2D eigenvalue weighted by Gasteiger charge is -2.19. The number of hydrogen-bond acceptors (Lipinski definition) is 4. The number of pyridine rings is 1. The lowest BCUT2D eigenvalue weighted by atomic mass is 10.1. The quantitative estimate of drug-likeness (QED) is 0.671. The molecule has 2 aromatic rings. The fourth-order valence-corrected chi connectivity index (χ4v) is 3.28. The predicted molar refractivity (Wildman–Crippen MR) is 99.8 cm³/mol. The van der Waals surface area contributed by atoms with E-state index >= 15 is 0 Å². The van der Waals surface area contributed by atoms with Crippen LogP contribution in [-0.2, 0) is 0 Å². The molecule has 0 saturated carbocycles. The summed E-state index contributed by atoms with van der Waals surface area (Å²) in [5.74, 6) is -2.65. The molecule has 1 saturated heterocycles. The number of carbonyl (C=O) groups excluding carboxylic acids is 1. The zero-order chi connectivity index (χ0) is 21.9. The highest BCUT2D eigenvalue weighted by molar-refractivity contribution is 6.32. The second-order valence-corrected chi connectivity index (χ2v) is 7.23. The summed E-state index contributed by atoms with van der Waals surface area (Å²) in [6.07, 6.45) is -2.71. The van der Waals surface area contributed by atoms with Crippen molar-refractivity contribution in [2.75, 3.05) is 31.1 Å². The summed E-state index contributed by atoms with van der Waals surface area (Å²) in [4.78, 5) is 17.8. The Hall–Kier alpha value is -2.62. The van der Waals surface area contributed by atoms with Crippen molar-refractivity contribution < 1.29 is 31.5 Å². The van der Waals surface area contributed by atoms with Crippen molar-refractivity contribution in [3.8, 4) is 5.88 Å². The van der Waals surface area contributed by atoms with Gasteiger partial charge in [-0.25, -0.2) is 13.8 Å². The number of carbonyl (C=O) groups is 1. The standard InChI is InChI=1S/C19H17ClF5N3O2/c20-14-5-12(8-27-18(14)30-10-19(23,24)25)17(29)26-7-11-3-4-28(9-11)13-1-2-15(21)16(22)6-13/h1-2,5-6,8,11H,3-4,7,9-10H2,(H,26,29). The summed E-state index contributed by atoms with van der Waals surface area (Å²) in [6.45, 7) is -0.0385. The number of benzene rings is 1. The van der Waals surface area contributed by atoms with Gasteiger partial charge in [0, 0.05) is 37.6 Å². The van der Waals surface area contributed by atoms with Gasteiger partial charge in [-0.15, -0.1) is 0 Å². The van der Waals surface area contributed by atoms with Crippen molar-refractivity contribution in [1.29, 1.82) is 0 Å². The molecule has 1 fully saturated rings. The van der Waals surface area contributed by atoms with Crippen LogP contribution in [0.25, 0.3) is 0 Å². The van der Waals surface area contributed by atoms with Gasteiger partial charge in [-0.05, 0) is 30.5 Å². The SMILES string of the molecule is O=C(NCC1CCN(c2ccc(F)c(F)c2)C1)c1cnc(OCC(F)(F)F)c(Cl)c1. The lowest BCUT2D eigenvalue weighted by molar-refractivity contribution is -0.154. The number of rotatable bonds is 6. The molecule has 11 heteroatoms. The van der Waals surface area contributed by atoms with Gasteiger partial charge in [-0.3, -0.25) is 4.79 Å². The first-order valence-corrected chi connectivity index (χ1v) is 9.33. The molecule has 30 heavy (non-hydrogen) atoms. The minimum absolute atomic E-state index is 0.0785. The third kappa shape index (κ3) is 5.71. The van der Waals surface area contributed by atoms with E-state index in [0.717, 1.165) is 24.8 Å². The first-order chi connectivity index (χ1) is 14.1. The van der Waals surface area contributed by atoms with Crippen molar-refractivity contribution in [3.05, 3.63) is 52.7 Å². The first-order valence-electron chi connectivity index (χ1n) is 8.95. The largest absolute Gasteiger partial charge is 0.467 e. The maximum Gasteiger partial charge on any atom is 0.422 e. The van der Waals surface area contributed by atoms with E-state index in [-0.39, 0.29) is 16.5 Å². The maximum atomic E-state index is 13.4. The average molecular weight is 450 g/mol. The maximum absolute atomic E-state index is 13.4. The van der Waals surface area contributed by atoms with Crippen LogP contribution in [0.15, 0.2) is 30.5 Å². The van der Waals surface area contributed by atoms with Crippen molar-refractivity contribution in [2.45, 2.75) is 12.6 Å². The van der Waals surface area contributed by atoms with E-state index in [1.807, 2.05) is 4.90 Å². The second kappa shape index (κ2) is 9.03. The predicted octanol–water partition coefficient (Wildman–Crippen LogP) is 4.21. The van der Waals surface area contributed by atoms with Gasteiger partial charge in [0.1, 0.15) is 5.02 Å². The Kier molecular flexibility index (Phi) is 6.64. The normalized spacial score (nSPS) is 16.6. The van der Waals surface area contributed by atoms with Gasteiger partial charge in [0.15, 0.2) is 18.2 Å². The van der Waals surface area contributed by atoms with E-state index in [1.165, 1.54) is 12.1 Å². The fraction of sp³-hybridized carbons (Fsp3) is 0.368. The second-order valence-electron chi connectivity index (χ2n) is 6.82. The van der Waals surface area contributed by atoms with E-state index in [1.54, 1.807) is 0 Å². The topological polar surface area (TPSA) is 54.5 Å². The van der Waals surface area contributed by atoms with Crippen LogP contribution in [0, 0.1) is 17.6 Å². The Bertz CT molecular complexity index is 926. The molecule has 0 bridgehead atoms. The number of aromatic nitrogens is 1. The molecular weight excluding hydrogens is 433 g/mol. The van der Waals surface area contributed by atoms with E-state index < -0.39 is 36.2 Å². The number of anilines is 1. The highest BCUT2D eigenvalue weighted by Crippen LogP contribution is 2.26. The molecule has 5 nitrogen and oxygen atoms in total. The fourth-order valence-electron chi connectivity index (χ4n) is 3.06. The van der Waals surface area contributed by atoms with Crippen molar-refractivity contribution in [2.24, 2.45) is 5.92 Å². The number of ether oxygens (including phenoxy) is 1. The van der Waals surface area contributed by atoms with Crippen LogP contribution in [0.4, 0.5) is 27.6 Å². The van der Waals surface area contributed by atoms with E-state index in [9.17, 15) is 26.7 Å². The molecule has 1 unspecified atom stereocenters. The number of nitrogens with zero attached hydrogens (tertiary/aromatic N) is 2. The monoisotopic (exact) mass is 449 g/mol. The van der Waals surface area contributed by atoms with E-state index in [4.69, 9.17) is 11.6 Å². The van der Waals surface area contributed by atoms with Crippen LogP contribution in [-0.4, -0.2) is 43.3 Å². The molecule has 0 spiro atoms. The van der Waals surface area contributed by atoms with Crippen LogP contribution in [0.1, 0.15) is 16.8 Å². The van der Waals surface area contributed by atoms with Crippen molar-refractivity contribution in [1.82, 2.24) is 10.3 Å². The van der Waals surface area contributed by atoms with Crippen molar-refractivity contribution >= 4 is 23.2 Å². The summed E-state index contributed by atoms with van der Waals surface area (Å²) >= 11 is 5.84.